The van der Waals surface area contributed by atoms with Crippen LogP contribution in [0.25, 0.3) is 0 Å². The van der Waals surface area contributed by atoms with Crippen LogP contribution in [0, 0.1) is 0 Å². The van der Waals surface area contributed by atoms with Gasteiger partial charge in [-0.05, 0) is 44.2 Å². The number of benzene rings is 2. The number of hydrogen-bond donors (Lipinski definition) is 0. The Kier molecular flexibility index (Phi) is 7.15. The van der Waals surface area contributed by atoms with Crippen LogP contribution in [-0.2, 0) is 14.8 Å². The van der Waals surface area contributed by atoms with Crippen LogP contribution in [0.4, 0.5) is 5.69 Å². The Morgan fingerprint density at radius 3 is 2.29 bits per heavy atom. The summed E-state index contributed by atoms with van der Waals surface area (Å²) in [5.74, 6) is 0.0949. The van der Waals surface area contributed by atoms with E-state index >= 15 is 0 Å². The van der Waals surface area contributed by atoms with Crippen LogP contribution >= 0.6 is 11.6 Å². The van der Waals surface area contributed by atoms with E-state index in [1.165, 1.54) is 54.9 Å². The third-order valence-corrected chi connectivity index (χ3v) is 6.19. The van der Waals surface area contributed by atoms with Crippen LogP contribution in [0.5, 0.6) is 11.5 Å². The molecule has 9 heteroatoms. The molecule has 28 heavy (non-hydrogen) atoms. The summed E-state index contributed by atoms with van der Waals surface area (Å²) in [5.41, 5.74) is 0.395. The van der Waals surface area contributed by atoms with E-state index in [-0.39, 0.29) is 28.6 Å². The van der Waals surface area contributed by atoms with Gasteiger partial charge in [-0.15, -0.1) is 0 Å². The quantitative estimate of drug-likeness (QED) is 0.597. The van der Waals surface area contributed by atoms with E-state index in [2.05, 4.69) is 0 Å². The Morgan fingerprint density at radius 1 is 1.04 bits per heavy atom. The fourth-order valence-corrected chi connectivity index (χ4v) is 4.31. The van der Waals surface area contributed by atoms with E-state index in [1.54, 1.807) is 13.8 Å². The van der Waals surface area contributed by atoms with Crippen molar-refractivity contribution in [3.05, 3.63) is 47.0 Å². The molecule has 7 nitrogen and oxygen atoms in total. The summed E-state index contributed by atoms with van der Waals surface area (Å²) < 4.78 is 42.9. The largest absolute Gasteiger partial charge is 0.493 e. The molecule has 0 saturated carbocycles. The number of hydrogen-bond acceptors (Lipinski definition) is 6. The highest BCUT2D eigenvalue weighted by Gasteiger charge is 2.26. The first-order valence-corrected chi connectivity index (χ1v) is 10.3. The number of methoxy groups -OCH3 is 2. The Balaban J connectivity index is 2.52. The van der Waals surface area contributed by atoms with Crippen LogP contribution in [0.2, 0.25) is 5.02 Å². The van der Waals surface area contributed by atoms with Gasteiger partial charge in [0.2, 0.25) is 0 Å². The Bertz CT molecular complexity index is 961. The number of halogens is 1. The van der Waals surface area contributed by atoms with Gasteiger partial charge in [0.15, 0.2) is 11.5 Å². The summed E-state index contributed by atoms with van der Waals surface area (Å²) in [5, 5.41) is 0.182. The minimum atomic E-state index is -3.93. The van der Waals surface area contributed by atoms with Gasteiger partial charge < -0.3 is 14.2 Å². The highest BCUT2D eigenvalue weighted by molar-refractivity contribution is 7.92. The Morgan fingerprint density at radius 2 is 1.71 bits per heavy atom. The lowest BCUT2D eigenvalue weighted by atomic mass is 10.2. The molecule has 0 amide bonds. The smallest absolute Gasteiger partial charge is 0.339 e. The number of carbonyl (C=O) groups excluding carboxylic acids is 1. The minimum Gasteiger partial charge on any atom is -0.493 e. The maximum Gasteiger partial charge on any atom is 0.339 e. The molecule has 2 aromatic carbocycles. The second-order valence-corrected chi connectivity index (χ2v) is 7.84. The second kappa shape index (κ2) is 9.16. The van der Waals surface area contributed by atoms with Crippen LogP contribution in [0.3, 0.4) is 0 Å². The lowest BCUT2D eigenvalue weighted by molar-refractivity contribution is 0.0526. The zero-order valence-electron chi connectivity index (χ0n) is 16.1. The lowest BCUT2D eigenvalue weighted by Gasteiger charge is -2.24. The maximum absolute atomic E-state index is 13.2. The fourth-order valence-electron chi connectivity index (χ4n) is 2.63. The van der Waals surface area contributed by atoms with Crippen LogP contribution in [0.1, 0.15) is 24.2 Å². The van der Waals surface area contributed by atoms with E-state index < -0.39 is 16.0 Å². The van der Waals surface area contributed by atoms with Gasteiger partial charge in [-0.3, -0.25) is 4.31 Å². The number of nitrogens with zero attached hydrogens (tertiary/aromatic N) is 1. The molecule has 0 fully saturated rings. The number of anilines is 1. The number of carbonyl (C=O) groups is 1. The van der Waals surface area contributed by atoms with Gasteiger partial charge >= 0.3 is 5.97 Å². The molecular formula is C19H22ClNO6S. The fraction of sp³-hybridized carbons (Fsp3) is 0.316. The molecule has 0 aliphatic rings. The number of sulfonamides is 1. The van der Waals surface area contributed by atoms with Gasteiger partial charge in [-0.1, -0.05) is 11.6 Å². The summed E-state index contributed by atoms with van der Waals surface area (Å²) in [6.45, 7) is 3.69. The summed E-state index contributed by atoms with van der Waals surface area (Å²) >= 11 is 6.08. The first-order valence-electron chi connectivity index (χ1n) is 8.51. The monoisotopic (exact) mass is 427 g/mol. The van der Waals surface area contributed by atoms with Crippen molar-refractivity contribution < 1.29 is 27.4 Å². The van der Waals surface area contributed by atoms with Gasteiger partial charge in [-0.2, -0.15) is 0 Å². The minimum absolute atomic E-state index is 0.0274. The van der Waals surface area contributed by atoms with Gasteiger partial charge in [0.1, 0.15) is 0 Å². The van der Waals surface area contributed by atoms with Crippen molar-refractivity contribution in [3.63, 3.8) is 0 Å². The molecule has 0 bridgehead atoms. The molecule has 2 aromatic rings. The van der Waals surface area contributed by atoms with Crippen molar-refractivity contribution in [3.8, 4) is 11.5 Å². The summed E-state index contributed by atoms with van der Waals surface area (Å²) in [6.07, 6.45) is 0. The van der Waals surface area contributed by atoms with E-state index in [0.29, 0.717) is 17.2 Å². The summed E-state index contributed by atoms with van der Waals surface area (Å²) in [7, 11) is -1.03. The van der Waals surface area contributed by atoms with E-state index in [0.717, 1.165) is 0 Å². The predicted molar refractivity (Wildman–Crippen MR) is 107 cm³/mol. The summed E-state index contributed by atoms with van der Waals surface area (Å²) in [4.78, 5) is 12.1. The molecule has 0 spiro atoms. The molecule has 0 aliphatic heterocycles. The SMILES string of the molecule is CCOC(=O)c1cc(N(CC)S(=O)(=O)c2ccc(OC)c(OC)c2)ccc1Cl. The zero-order chi connectivity index (χ0) is 20.9. The molecule has 0 unspecified atom stereocenters. The number of esters is 1. The molecule has 0 heterocycles. The average molecular weight is 428 g/mol. The Labute approximate surface area is 169 Å². The first-order chi connectivity index (χ1) is 13.3. The Hall–Kier alpha value is -2.45. The molecule has 152 valence electrons. The van der Waals surface area contributed by atoms with E-state index in [9.17, 15) is 13.2 Å². The molecule has 0 radical (unpaired) electrons. The van der Waals surface area contributed by atoms with Crippen molar-refractivity contribution >= 4 is 33.3 Å². The topological polar surface area (TPSA) is 82.1 Å². The van der Waals surface area contributed by atoms with Crippen molar-refractivity contribution in [2.24, 2.45) is 0 Å². The van der Waals surface area contributed by atoms with E-state index in [4.69, 9.17) is 25.8 Å². The second-order valence-electron chi connectivity index (χ2n) is 5.57. The molecule has 0 saturated heterocycles. The van der Waals surface area contributed by atoms with Crippen LogP contribution in [-0.4, -0.2) is 41.8 Å². The molecular weight excluding hydrogens is 406 g/mol. The zero-order valence-corrected chi connectivity index (χ0v) is 17.6. The molecule has 0 aliphatic carbocycles. The maximum atomic E-state index is 13.2. The van der Waals surface area contributed by atoms with Crippen molar-refractivity contribution in [2.75, 3.05) is 31.7 Å². The molecule has 2 rings (SSSR count). The lowest BCUT2D eigenvalue weighted by Crippen LogP contribution is -2.31. The molecule has 0 N–H and O–H groups in total. The summed E-state index contributed by atoms with van der Waals surface area (Å²) in [6, 6.07) is 8.75. The predicted octanol–water partition coefficient (Wildman–Crippen LogP) is 3.75. The van der Waals surface area contributed by atoms with E-state index in [1.807, 2.05) is 0 Å². The van der Waals surface area contributed by atoms with Crippen molar-refractivity contribution in [1.29, 1.82) is 0 Å². The molecule has 0 aromatic heterocycles. The molecule has 0 atom stereocenters. The van der Waals surface area contributed by atoms with Crippen LogP contribution in [0.15, 0.2) is 41.3 Å². The van der Waals surface area contributed by atoms with Crippen molar-refractivity contribution in [2.45, 2.75) is 18.7 Å². The highest BCUT2D eigenvalue weighted by atomic mass is 35.5. The highest BCUT2D eigenvalue weighted by Crippen LogP contribution is 2.33. The number of rotatable bonds is 8. The van der Waals surface area contributed by atoms with Gasteiger partial charge in [0.05, 0.1) is 42.0 Å². The average Bonchev–Trinajstić information content (AvgIpc) is 2.69. The van der Waals surface area contributed by atoms with Crippen LogP contribution < -0.4 is 13.8 Å². The first kappa shape index (κ1) is 21.8. The van der Waals surface area contributed by atoms with Crippen molar-refractivity contribution in [1.82, 2.24) is 0 Å². The van der Waals surface area contributed by atoms with Gasteiger partial charge in [0, 0.05) is 12.6 Å². The normalized spacial score (nSPS) is 11.0. The van der Waals surface area contributed by atoms with Gasteiger partial charge in [-0.25, -0.2) is 13.2 Å². The third-order valence-electron chi connectivity index (χ3n) is 3.96. The standard InChI is InChI=1S/C19H22ClNO6S/c1-5-21(13-7-9-16(20)15(11-13)19(22)27-6-2)28(23,24)14-8-10-17(25-3)18(12-14)26-4/h7-12H,5-6H2,1-4H3. The number of ether oxygens (including phenoxy) is 3. The van der Waals surface area contributed by atoms with Gasteiger partial charge in [0.25, 0.3) is 10.0 Å². The third kappa shape index (κ3) is 4.34.